The van der Waals surface area contributed by atoms with Crippen LogP contribution >= 0.6 is 10.8 Å². The van der Waals surface area contributed by atoms with E-state index < -0.39 is 14.3 Å². The molecule has 0 aliphatic rings. The fraction of sp³-hybridized carbons (Fsp3) is 0.567. The van der Waals surface area contributed by atoms with E-state index >= 15 is 0 Å². The van der Waals surface area contributed by atoms with Crippen molar-refractivity contribution >= 4 is 19.7 Å². The zero-order chi connectivity index (χ0) is 30.0. The molecule has 2 aromatic rings. The minimum Gasteiger partial charge on any atom is -0.493 e. The molecule has 2 rings (SSSR count). The molecule has 222 valence electrons. The summed E-state index contributed by atoms with van der Waals surface area (Å²) in [6.45, 7) is 6.47. The summed E-state index contributed by atoms with van der Waals surface area (Å²) in [6.07, 6.45) is 3.51. The monoisotopic (exact) mass is 593 g/mol. The van der Waals surface area contributed by atoms with Crippen LogP contribution in [0.1, 0.15) is 37.8 Å². The zero-order valence-electron chi connectivity index (χ0n) is 25.2. The molecule has 0 aliphatic heterocycles. The van der Waals surface area contributed by atoms with Crippen LogP contribution in [0.4, 0.5) is 0 Å². The molecule has 0 fully saturated rings. The van der Waals surface area contributed by atoms with E-state index in [1.165, 1.54) is 6.26 Å². The Morgan fingerprint density at radius 1 is 0.900 bits per heavy atom. The summed E-state index contributed by atoms with van der Waals surface area (Å²) in [6, 6.07) is 14.3. The number of hydrogen-bond acceptors (Lipinski definition) is 8. The largest absolute Gasteiger partial charge is 0.493 e. The first-order valence-electron chi connectivity index (χ1n) is 13.4. The number of quaternary nitrogens is 1. The van der Waals surface area contributed by atoms with Crippen molar-refractivity contribution in [2.45, 2.75) is 38.5 Å². The third-order valence-electron chi connectivity index (χ3n) is 7.67. The van der Waals surface area contributed by atoms with Crippen LogP contribution in [0.2, 0.25) is 0 Å². The highest BCUT2D eigenvalue weighted by Gasteiger charge is 2.37. The van der Waals surface area contributed by atoms with Gasteiger partial charge in [0.15, 0.2) is 31.9 Å². The van der Waals surface area contributed by atoms with Crippen LogP contribution in [0.25, 0.3) is 0 Å². The van der Waals surface area contributed by atoms with Crippen LogP contribution in [-0.4, -0.2) is 80.0 Å². The van der Waals surface area contributed by atoms with Crippen LogP contribution in [-0.2, 0) is 20.7 Å². The summed E-state index contributed by atoms with van der Waals surface area (Å²) in [4.78, 5) is 0. The van der Waals surface area contributed by atoms with Gasteiger partial charge in [0, 0.05) is 12.7 Å². The summed E-state index contributed by atoms with van der Waals surface area (Å²) in [5.41, 5.74) is 1.33. The van der Waals surface area contributed by atoms with E-state index in [2.05, 4.69) is 27.0 Å². The van der Waals surface area contributed by atoms with Gasteiger partial charge in [0.05, 0.1) is 72.4 Å². The molecular weight excluding hydrogens is 548 g/mol. The normalized spacial score (nSPS) is 14.6. The quantitative estimate of drug-likeness (QED) is 0.180. The minimum atomic E-state index is -3.13. The smallest absolute Gasteiger partial charge is 0.198 e. The first-order chi connectivity index (χ1) is 18.9. The molecule has 0 unspecified atom stereocenters. The summed E-state index contributed by atoms with van der Waals surface area (Å²) >= 11 is 0. The maximum Gasteiger partial charge on any atom is 0.198 e. The molecule has 2 atom stereocenters. The zero-order valence-corrected chi connectivity index (χ0v) is 26.8. The molecule has 2 aromatic carbocycles. The van der Waals surface area contributed by atoms with Crippen LogP contribution in [0, 0.1) is 17.2 Å². The fourth-order valence-corrected chi connectivity index (χ4v) is 7.00. The first-order valence-corrected chi connectivity index (χ1v) is 16.8. The van der Waals surface area contributed by atoms with Gasteiger partial charge in [-0.05, 0) is 64.9 Å². The van der Waals surface area contributed by atoms with Gasteiger partial charge in [0.1, 0.15) is 0 Å². The molecule has 10 heteroatoms. The Morgan fingerprint density at radius 2 is 1.48 bits per heavy atom. The van der Waals surface area contributed by atoms with E-state index in [0.29, 0.717) is 46.2 Å². The Kier molecular flexibility index (Phi) is 12.5. The van der Waals surface area contributed by atoms with Crippen molar-refractivity contribution in [1.82, 2.24) is 0 Å². The lowest BCUT2D eigenvalue weighted by molar-refractivity contribution is -0.907. The van der Waals surface area contributed by atoms with Crippen molar-refractivity contribution in [3.8, 4) is 29.1 Å². The standard InChI is InChI=1S/C30H45N2O6S2/c1-23(2)30(22-31,25-11-13-27(36-5)29(21-25)38-7)15-9-16-32(3,18-19-39-40(8,33)34)17-14-24-10-12-26(35-4)28(20-24)37-6/h10-13,20-21,23H,9,14-19H2,1-8H3/q+1/t30-,32-/m1/s1. The highest BCUT2D eigenvalue weighted by molar-refractivity contribution is 8.71. The van der Waals surface area contributed by atoms with Gasteiger partial charge in [-0.2, -0.15) is 5.26 Å². The SMILES string of the molecule is COc1ccc(CC[N@@+](C)(CCC[C@](C#N)(c2ccc(OC)c(OC)c2)C(C)C)CCSS(C)(=O)=O)cc1OC. The van der Waals surface area contributed by atoms with Crippen LogP contribution in [0.3, 0.4) is 0 Å². The van der Waals surface area contributed by atoms with E-state index in [-0.39, 0.29) is 5.92 Å². The van der Waals surface area contributed by atoms with E-state index in [4.69, 9.17) is 18.9 Å². The van der Waals surface area contributed by atoms with Gasteiger partial charge >= 0.3 is 0 Å². The Hall–Kier alpha value is -2.61. The average Bonchev–Trinajstić information content (AvgIpc) is 2.93. The molecule has 0 saturated carbocycles. The number of likely N-dealkylation sites (N-methyl/N-ethyl adjacent to an activating group) is 1. The first kappa shape index (κ1) is 33.6. The average molecular weight is 594 g/mol. The van der Waals surface area contributed by atoms with Gasteiger partial charge in [-0.25, -0.2) is 8.42 Å². The van der Waals surface area contributed by atoms with Crippen LogP contribution in [0.5, 0.6) is 23.0 Å². The number of nitrogens with zero attached hydrogens (tertiary/aromatic N) is 2. The molecule has 40 heavy (non-hydrogen) atoms. The van der Waals surface area contributed by atoms with E-state index in [9.17, 15) is 13.7 Å². The molecule has 0 N–H and O–H groups in total. The molecule has 0 spiro atoms. The lowest BCUT2D eigenvalue weighted by Crippen LogP contribution is -2.48. The van der Waals surface area contributed by atoms with Crippen molar-refractivity contribution in [3.05, 3.63) is 47.5 Å². The highest BCUT2D eigenvalue weighted by atomic mass is 33.1. The highest BCUT2D eigenvalue weighted by Crippen LogP contribution is 2.40. The predicted molar refractivity (Wildman–Crippen MR) is 162 cm³/mol. The molecule has 0 heterocycles. The number of nitriles is 1. The minimum absolute atomic E-state index is 0.0712. The second kappa shape index (κ2) is 14.9. The number of ether oxygens (including phenoxy) is 4. The lowest BCUT2D eigenvalue weighted by Gasteiger charge is -2.37. The van der Waals surface area contributed by atoms with Gasteiger partial charge in [-0.3, -0.25) is 0 Å². The lowest BCUT2D eigenvalue weighted by atomic mass is 9.69. The van der Waals surface area contributed by atoms with E-state index in [1.807, 2.05) is 36.4 Å². The maximum absolute atomic E-state index is 11.8. The van der Waals surface area contributed by atoms with Gasteiger partial charge in [-0.15, -0.1) is 0 Å². The molecule has 8 nitrogen and oxygen atoms in total. The summed E-state index contributed by atoms with van der Waals surface area (Å²) in [7, 11) is 6.47. The van der Waals surface area contributed by atoms with Gasteiger partial charge in [-0.1, -0.05) is 26.0 Å². The molecule has 0 amide bonds. The molecule has 0 bridgehead atoms. The molecule has 0 aliphatic carbocycles. The van der Waals surface area contributed by atoms with Gasteiger partial charge < -0.3 is 23.4 Å². The Balaban J connectivity index is 2.27. The van der Waals surface area contributed by atoms with Gasteiger partial charge in [0.25, 0.3) is 0 Å². The van der Waals surface area contributed by atoms with Crippen LogP contribution < -0.4 is 18.9 Å². The van der Waals surface area contributed by atoms with Gasteiger partial charge in [0.2, 0.25) is 0 Å². The summed E-state index contributed by atoms with van der Waals surface area (Å²) in [5.74, 6) is 3.18. The number of hydrogen-bond donors (Lipinski definition) is 0. The number of rotatable bonds is 17. The topological polar surface area (TPSA) is 94.9 Å². The second-order valence-corrected chi connectivity index (χ2v) is 15.2. The summed E-state index contributed by atoms with van der Waals surface area (Å²) < 4.78 is 46.1. The van der Waals surface area contributed by atoms with Crippen molar-refractivity contribution in [1.29, 1.82) is 5.26 Å². The Labute approximate surface area is 244 Å². The van der Waals surface area contributed by atoms with E-state index in [1.54, 1.807) is 28.4 Å². The number of methoxy groups -OCH3 is 4. The Morgan fingerprint density at radius 3 is 2.00 bits per heavy atom. The molecule has 0 radical (unpaired) electrons. The summed E-state index contributed by atoms with van der Waals surface area (Å²) in [5, 5.41) is 10.5. The van der Waals surface area contributed by atoms with Crippen molar-refractivity contribution in [2.75, 3.05) is 67.1 Å². The third-order valence-corrected chi connectivity index (χ3v) is 10.2. The predicted octanol–water partition coefficient (Wildman–Crippen LogP) is 5.30. The Bertz CT molecular complexity index is 1260. The van der Waals surface area contributed by atoms with Crippen molar-refractivity contribution in [2.24, 2.45) is 5.92 Å². The van der Waals surface area contributed by atoms with Crippen LogP contribution in [0.15, 0.2) is 36.4 Å². The van der Waals surface area contributed by atoms with Crippen molar-refractivity contribution in [3.63, 3.8) is 0 Å². The number of benzene rings is 2. The molecule has 0 aromatic heterocycles. The fourth-order valence-electron chi connectivity index (χ4n) is 5.05. The second-order valence-electron chi connectivity index (χ2n) is 10.7. The van der Waals surface area contributed by atoms with E-state index in [0.717, 1.165) is 47.9 Å². The maximum atomic E-state index is 11.8. The molecular formula is C30H45N2O6S2+. The third kappa shape index (κ3) is 8.95. The van der Waals surface area contributed by atoms with Crippen molar-refractivity contribution < 1.29 is 31.8 Å². The molecule has 0 saturated heterocycles.